The Balaban J connectivity index is 2.27. The van der Waals surface area contributed by atoms with Gasteiger partial charge in [0.1, 0.15) is 0 Å². The van der Waals surface area contributed by atoms with E-state index in [2.05, 4.69) is 24.2 Å². The Hall–Kier alpha value is -0.120. The van der Waals surface area contributed by atoms with Gasteiger partial charge in [0.05, 0.1) is 6.61 Å². The molecule has 0 spiro atoms. The third kappa shape index (κ3) is 4.49. The molecule has 2 unspecified atom stereocenters. The molecule has 2 atom stereocenters. The van der Waals surface area contributed by atoms with E-state index in [4.69, 9.17) is 4.74 Å². The third-order valence-corrected chi connectivity index (χ3v) is 3.41. The molecule has 3 nitrogen and oxygen atoms in total. The third-order valence-electron chi connectivity index (χ3n) is 3.41. The normalized spacial score (nSPS) is 27.2. The van der Waals surface area contributed by atoms with Crippen molar-refractivity contribution in [1.82, 2.24) is 10.2 Å². The van der Waals surface area contributed by atoms with E-state index in [1.807, 2.05) is 0 Å². The molecule has 1 rings (SSSR count). The first-order valence-electron chi connectivity index (χ1n) is 6.20. The average molecular weight is 214 g/mol. The zero-order chi connectivity index (χ0) is 11.1. The molecule has 0 heterocycles. The van der Waals surface area contributed by atoms with E-state index < -0.39 is 0 Å². The van der Waals surface area contributed by atoms with Crippen LogP contribution < -0.4 is 5.32 Å². The first-order valence-corrected chi connectivity index (χ1v) is 6.20. The van der Waals surface area contributed by atoms with Crippen molar-refractivity contribution >= 4 is 0 Å². The fraction of sp³-hybridized carbons (Fsp3) is 1.00. The van der Waals surface area contributed by atoms with Crippen LogP contribution in [0, 0.1) is 0 Å². The highest BCUT2D eigenvalue weighted by molar-refractivity contribution is 4.82. The molecule has 0 aromatic heterocycles. The van der Waals surface area contributed by atoms with Gasteiger partial charge >= 0.3 is 0 Å². The summed E-state index contributed by atoms with van der Waals surface area (Å²) >= 11 is 0. The SMILES string of the molecule is CCNC1CCCC(N(C)CCOC)C1. The van der Waals surface area contributed by atoms with Gasteiger partial charge in [-0.3, -0.25) is 0 Å². The molecule has 1 aliphatic rings. The summed E-state index contributed by atoms with van der Waals surface area (Å²) in [5, 5.41) is 3.57. The molecule has 0 amide bonds. The van der Waals surface area contributed by atoms with Crippen LogP contribution >= 0.6 is 0 Å². The van der Waals surface area contributed by atoms with Crippen LogP contribution in [0.4, 0.5) is 0 Å². The molecule has 0 aliphatic heterocycles. The molecular weight excluding hydrogens is 188 g/mol. The van der Waals surface area contributed by atoms with Crippen molar-refractivity contribution in [2.75, 3.05) is 33.9 Å². The second-order valence-corrected chi connectivity index (χ2v) is 4.55. The number of nitrogens with zero attached hydrogens (tertiary/aromatic N) is 1. The molecule has 90 valence electrons. The van der Waals surface area contributed by atoms with Gasteiger partial charge in [-0.15, -0.1) is 0 Å². The van der Waals surface area contributed by atoms with E-state index >= 15 is 0 Å². The topological polar surface area (TPSA) is 24.5 Å². The highest BCUT2D eigenvalue weighted by Gasteiger charge is 2.23. The monoisotopic (exact) mass is 214 g/mol. The highest BCUT2D eigenvalue weighted by Crippen LogP contribution is 2.22. The smallest absolute Gasteiger partial charge is 0.0589 e. The number of likely N-dealkylation sites (N-methyl/N-ethyl adjacent to an activating group) is 1. The van der Waals surface area contributed by atoms with E-state index in [1.54, 1.807) is 7.11 Å². The van der Waals surface area contributed by atoms with Crippen molar-refractivity contribution < 1.29 is 4.74 Å². The first-order chi connectivity index (χ1) is 7.27. The van der Waals surface area contributed by atoms with Gasteiger partial charge in [0, 0.05) is 25.7 Å². The van der Waals surface area contributed by atoms with Gasteiger partial charge in [-0.25, -0.2) is 0 Å². The lowest BCUT2D eigenvalue weighted by Crippen LogP contribution is -2.43. The Labute approximate surface area is 94.2 Å². The second kappa shape index (κ2) is 7.20. The number of methoxy groups -OCH3 is 1. The van der Waals surface area contributed by atoms with Crippen molar-refractivity contribution in [3.05, 3.63) is 0 Å². The van der Waals surface area contributed by atoms with Crippen molar-refractivity contribution in [1.29, 1.82) is 0 Å². The van der Waals surface area contributed by atoms with Gasteiger partial charge in [-0.05, 0) is 32.9 Å². The number of hydrogen-bond donors (Lipinski definition) is 1. The lowest BCUT2D eigenvalue weighted by atomic mass is 9.90. The lowest BCUT2D eigenvalue weighted by Gasteiger charge is -2.35. The summed E-state index contributed by atoms with van der Waals surface area (Å²) in [5.41, 5.74) is 0. The van der Waals surface area contributed by atoms with Gasteiger partial charge in [0.25, 0.3) is 0 Å². The summed E-state index contributed by atoms with van der Waals surface area (Å²) in [6, 6.07) is 1.48. The van der Waals surface area contributed by atoms with Crippen LogP contribution in [-0.4, -0.2) is 50.8 Å². The number of nitrogens with one attached hydrogen (secondary N) is 1. The highest BCUT2D eigenvalue weighted by atomic mass is 16.5. The predicted molar refractivity (Wildman–Crippen MR) is 64.2 cm³/mol. The van der Waals surface area contributed by atoms with Gasteiger partial charge in [-0.1, -0.05) is 13.3 Å². The predicted octanol–water partition coefficient (Wildman–Crippen LogP) is 1.49. The largest absolute Gasteiger partial charge is 0.383 e. The molecular formula is C12H26N2O. The Morgan fingerprint density at radius 2 is 2.20 bits per heavy atom. The van der Waals surface area contributed by atoms with Crippen molar-refractivity contribution in [3.8, 4) is 0 Å². The summed E-state index contributed by atoms with van der Waals surface area (Å²) in [7, 11) is 3.99. The summed E-state index contributed by atoms with van der Waals surface area (Å²) in [6.07, 6.45) is 5.36. The maximum Gasteiger partial charge on any atom is 0.0589 e. The maximum atomic E-state index is 5.12. The maximum absolute atomic E-state index is 5.12. The molecule has 0 aromatic carbocycles. The number of rotatable bonds is 6. The zero-order valence-corrected chi connectivity index (χ0v) is 10.5. The second-order valence-electron chi connectivity index (χ2n) is 4.55. The Kier molecular flexibility index (Phi) is 6.22. The van der Waals surface area contributed by atoms with E-state index in [9.17, 15) is 0 Å². The molecule has 15 heavy (non-hydrogen) atoms. The Bertz CT molecular complexity index is 162. The van der Waals surface area contributed by atoms with Crippen LogP contribution in [0.25, 0.3) is 0 Å². The molecule has 1 fully saturated rings. The Morgan fingerprint density at radius 1 is 1.40 bits per heavy atom. The number of hydrogen-bond acceptors (Lipinski definition) is 3. The van der Waals surface area contributed by atoms with Crippen LogP contribution in [0.3, 0.4) is 0 Å². The van der Waals surface area contributed by atoms with E-state index in [0.29, 0.717) is 0 Å². The van der Waals surface area contributed by atoms with Crippen molar-refractivity contribution in [2.45, 2.75) is 44.7 Å². The molecule has 0 aromatic rings. The van der Waals surface area contributed by atoms with Crippen LogP contribution in [0.5, 0.6) is 0 Å². The molecule has 1 aliphatic carbocycles. The first kappa shape index (κ1) is 12.9. The molecule has 0 saturated heterocycles. The minimum atomic E-state index is 0.735. The zero-order valence-electron chi connectivity index (χ0n) is 10.5. The average Bonchev–Trinajstić information content (AvgIpc) is 2.27. The van der Waals surface area contributed by atoms with Gasteiger partial charge in [0.2, 0.25) is 0 Å². The van der Waals surface area contributed by atoms with Gasteiger partial charge in [0.15, 0.2) is 0 Å². The molecule has 1 N–H and O–H groups in total. The van der Waals surface area contributed by atoms with E-state index in [1.165, 1.54) is 25.7 Å². The summed E-state index contributed by atoms with van der Waals surface area (Å²) in [5.74, 6) is 0. The van der Waals surface area contributed by atoms with Crippen LogP contribution in [0.15, 0.2) is 0 Å². The van der Waals surface area contributed by atoms with Gasteiger partial charge in [-0.2, -0.15) is 0 Å². The Morgan fingerprint density at radius 3 is 2.87 bits per heavy atom. The van der Waals surface area contributed by atoms with Crippen LogP contribution in [-0.2, 0) is 4.74 Å². The minimum Gasteiger partial charge on any atom is -0.383 e. The number of ether oxygens (including phenoxy) is 1. The quantitative estimate of drug-likeness (QED) is 0.725. The van der Waals surface area contributed by atoms with E-state index in [-0.39, 0.29) is 0 Å². The molecule has 3 heteroatoms. The van der Waals surface area contributed by atoms with Gasteiger partial charge < -0.3 is 15.0 Å². The minimum absolute atomic E-state index is 0.735. The fourth-order valence-corrected chi connectivity index (χ4v) is 2.46. The lowest BCUT2D eigenvalue weighted by molar-refractivity contribution is 0.115. The molecule has 0 radical (unpaired) electrons. The van der Waals surface area contributed by atoms with E-state index in [0.717, 1.165) is 31.8 Å². The fourth-order valence-electron chi connectivity index (χ4n) is 2.46. The van der Waals surface area contributed by atoms with Crippen LogP contribution in [0.1, 0.15) is 32.6 Å². The van der Waals surface area contributed by atoms with Crippen molar-refractivity contribution in [2.24, 2.45) is 0 Å². The standard InChI is InChI=1S/C12H26N2O/c1-4-13-11-6-5-7-12(10-11)14(2)8-9-15-3/h11-13H,4-10H2,1-3H3. The molecule has 0 bridgehead atoms. The van der Waals surface area contributed by atoms with Crippen molar-refractivity contribution in [3.63, 3.8) is 0 Å². The summed E-state index contributed by atoms with van der Waals surface area (Å²) < 4.78 is 5.12. The summed E-state index contributed by atoms with van der Waals surface area (Å²) in [6.45, 7) is 5.19. The molecule has 1 saturated carbocycles. The van der Waals surface area contributed by atoms with Crippen LogP contribution in [0.2, 0.25) is 0 Å². The summed E-state index contributed by atoms with van der Waals surface area (Å²) in [4.78, 5) is 2.45.